The van der Waals surface area contributed by atoms with Crippen molar-refractivity contribution in [1.29, 1.82) is 0 Å². The summed E-state index contributed by atoms with van der Waals surface area (Å²) in [5.41, 5.74) is 2.02. The summed E-state index contributed by atoms with van der Waals surface area (Å²) in [4.78, 5) is 22.1. The molecule has 1 saturated heterocycles. The lowest BCUT2D eigenvalue weighted by Gasteiger charge is -2.27. The maximum atomic E-state index is 13.5. The van der Waals surface area contributed by atoms with E-state index < -0.39 is 5.82 Å². The number of morpholine rings is 1. The Bertz CT molecular complexity index is 1060. The minimum Gasteiger partial charge on any atom is -0.379 e. The zero-order valence-corrected chi connectivity index (χ0v) is 19.4. The topological polar surface area (TPSA) is 45.7 Å². The minimum atomic E-state index is -0.484. The highest BCUT2D eigenvalue weighted by molar-refractivity contribution is 7.23. The van der Waals surface area contributed by atoms with Crippen molar-refractivity contribution in [2.75, 3.05) is 44.3 Å². The number of anilines is 1. The molecule has 1 aliphatic heterocycles. The fourth-order valence-electron chi connectivity index (χ4n) is 3.58. The summed E-state index contributed by atoms with van der Waals surface area (Å²) in [6.07, 6.45) is 0.757. The molecule has 0 spiro atoms. The van der Waals surface area contributed by atoms with E-state index in [9.17, 15) is 9.18 Å². The molecule has 4 rings (SSSR count). The SMILES string of the molecule is Cc1ccc(Cl)c2sc(N(CCCN3CCOCC3)C(=O)c3ccc(F)cc3Cl)nc12. The first-order valence-electron chi connectivity index (χ1n) is 10.1. The molecule has 0 N–H and O–H groups in total. The largest absolute Gasteiger partial charge is 0.379 e. The monoisotopic (exact) mass is 481 g/mol. The van der Waals surface area contributed by atoms with E-state index in [1.807, 2.05) is 19.1 Å². The van der Waals surface area contributed by atoms with Crippen molar-refractivity contribution in [3.8, 4) is 0 Å². The number of ether oxygens (including phenoxy) is 1. The molecule has 9 heteroatoms. The van der Waals surface area contributed by atoms with Crippen molar-refractivity contribution in [1.82, 2.24) is 9.88 Å². The third kappa shape index (κ3) is 5.02. The highest BCUT2D eigenvalue weighted by atomic mass is 35.5. The number of thiazole rings is 1. The molecule has 0 atom stereocenters. The summed E-state index contributed by atoms with van der Waals surface area (Å²) in [5, 5.41) is 1.24. The number of carbonyl (C=O) groups is 1. The lowest BCUT2D eigenvalue weighted by molar-refractivity contribution is 0.0376. The fraction of sp³-hybridized carbons (Fsp3) is 0.364. The van der Waals surface area contributed by atoms with Gasteiger partial charge >= 0.3 is 0 Å². The van der Waals surface area contributed by atoms with Crippen LogP contribution in [0.15, 0.2) is 30.3 Å². The Balaban J connectivity index is 1.64. The number of carbonyl (C=O) groups excluding carboxylic acids is 1. The number of hydrogen-bond donors (Lipinski definition) is 0. The molecule has 164 valence electrons. The van der Waals surface area contributed by atoms with Crippen LogP contribution in [0.25, 0.3) is 10.2 Å². The minimum absolute atomic E-state index is 0.0819. The zero-order chi connectivity index (χ0) is 22.0. The predicted molar refractivity (Wildman–Crippen MR) is 124 cm³/mol. The molecule has 2 aromatic carbocycles. The number of benzene rings is 2. The summed E-state index contributed by atoms with van der Waals surface area (Å²) in [6.45, 7) is 6.48. The van der Waals surface area contributed by atoms with E-state index in [4.69, 9.17) is 32.9 Å². The van der Waals surface area contributed by atoms with Gasteiger partial charge in [0.25, 0.3) is 5.91 Å². The maximum Gasteiger partial charge on any atom is 0.261 e. The van der Waals surface area contributed by atoms with Crippen molar-refractivity contribution >= 4 is 55.8 Å². The van der Waals surface area contributed by atoms with Gasteiger partial charge in [0.2, 0.25) is 0 Å². The third-order valence-corrected chi connectivity index (χ3v) is 7.13. The number of amides is 1. The Hall–Kier alpha value is -1.77. The van der Waals surface area contributed by atoms with E-state index in [2.05, 4.69) is 4.90 Å². The number of aromatic nitrogens is 1. The van der Waals surface area contributed by atoms with Crippen molar-refractivity contribution < 1.29 is 13.9 Å². The second-order valence-corrected chi connectivity index (χ2v) is 9.22. The Morgan fingerprint density at radius 3 is 2.71 bits per heavy atom. The maximum absolute atomic E-state index is 13.5. The molecule has 0 aliphatic carbocycles. The standard InChI is InChI=1S/C22H22Cl2FN3O2S/c1-14-3-6-17(23)20-19(14)26-22(31-20)28(8-2-7-27-9-11-30-12-10-27)21(29)16-5-4-15(25)13-18(16)24/h3-6,13H,2,7-12H2,1H3. The summed E-state index contributed by atoms with van der Waals surface area (Å²) in [7, 11) is 0. The van der Waals surface area contributed by atoms with Crippen LogP contribution in [0.4, 0.5) is 9.52 Å². The average Bonchev–Trinajstić information content (AvgIpc) is 3.21. The Labute approximate surface area is 194 Å². The predicted octanol–water partition coefficient (Wildman–Crippen LogP) is 5.42. The van der Waals surface area contributed by atoms with Crippen LogP contribution >= 0.6 is 34.5 Å². The van der Waals surface area contributed by atoms with Crippen LogP contribution in [0.2, 0.25) is 10.0 Å². The van der Waals surface area contributed by atoms with Gasteiger partial charge in [-0.05, 0) is 43.2 Å². The summed E-state index contributed by atoms with van der Waals surface area (Å²) in [5.74, 6) is -0.789. The van der Waals surface area contributed by atoms with Gasteiger partial charge in [-0.25, -0.2) is 9.37 Å². The lowest BCUT2D eigenvalue weighted by Crippen LogP contribution is -2.39. The first kappa shape index (κ1) is 22.4. The summed E-state index contributed by atoms with van der Waals surface area (Å²) < 4.78 is 19.8. The molecule has 5 nitrogen and oxygen atoms in total. The van der Waals surface area contributed by atoms with Gasteiger partial charge in [-0.2, -0.15) is 0 Å². The van der Waals surface area contributed by atoms with Crippen molar-refractivity contribution in [3.05, 3.63) is 57.3 Å². The molecule has 1 aliphatic rings. The van der Waals surface area contributed by atoms with Gasteiger partial charge in [0.15, 0.2) is 5.13 Å². The number of fused-ring (bicyclic) bond motifs is 1. The van der Waals surface area contributed by atoms with Crippen LogP contribution in [-0.2, 0) is 4.74 Å². The van der Waals surface area contributed by atoms with Gasteiger partial charge in [0.1, 0.15) is 5.82 Å². The highest BCUT2D eigenvalue weighted by Gasteiger charge is 2.24. The first-order valence-corrected chi connectivity index (χ1v) is 11.6. The molecule has 31 heavy (non-hydrogen) atoms. The molecule has 0 bridgehead atoms. The van der Waals surface area contributed by atoms with Gasteiger partial charge in [-0.3, -0.25) is 14.6 Å². The van der Waals surface area contributed by atoms with Crippen molar-refractivity contribution in [2.45, 2.75) is 13.3 Å². The molecule has 1 fully saturated rings. The number of hydrogen-bond acceptors (Lipinski definition) is 5. The van der Waals surface area contributed by atoms with E-state index in [0.29, 0.717) is 16.7 Å². The molecular formula is C22H22Cl2FN3O2S. The Morgan fingerprint density at radius 2 is 2.00 bits per heavy atom. The second kappa shape index (κ2) is 9.79. The van der Waals surface area contributed by atoms with Crippen molar-refractivity contribution in [2.24, 2.45) is 0 Å². The van der Waals surface area contributed by atoms with Crippen LogP contribution in [0.5, 0.6) is 0 Å². The average molecular weight is 482 g/mol. The molecule has 0 radical (unpaired) electrons. The van der Waals surface area contributed by atoms with E-state index in [-0.39, 0.29) is 16.5 Å². The zero-order valence-electron chi connectivity index (χ0n) is 17.0. The second-order valence-electron chi connectivity index (χ2n) is 7.43. The normalized spacial score (nSPS) is 14.8. The van der Waals surface area contributed by atoms with E-state index in [0.717, 1.165) is 61.1 Å². The van der Waals surface area contributed by atoms with Gasteiger partial charge in [0.05, 0.1) is 39.0 Å². The smallest absolute Gasteiger partial charge is 0.261 e. The molecular weight excluding hydrogens is 460 g/mol. The molecule has 0 saturated carbocycles. The summed E-state index contributed by atoms with van der Waals surface area (Å²) in [6, 6.07) is 7.56. The molecule has 1 aromatic heterocycles. The van der Waals surface area contributed by atoms with Gasteiger partial charge in [-0.1, -0.05) is 40.6 Å². The quantitative estimate of drug-likeness (QED) is 0.471. The van der Waals surface area contributed by atoms with Crippen LogP contribution in [0.3, 0.4) is 0 Å². The highest BCUT2D eigenvalue weighted by Crippen LogP contribution is 2.36. The van der Waals surface area contributed by atoms with E-state index in [1.165, 1.54) is 23.5 Å². The molecule has 1 amide bonds. The number of nitrogens with zero attached hydrogens (tertiary/aromatic N) is 3. The summed E-state index contributed by atoms with van der Waals surface area (Å²) >= 11 is 13.9. The fourth-order valence-corrected chi connectivity index (χ4v) is 5.16. The number of rotatable bonds is 6. The Morgan fingerprint density at radius 1 is 1.23 bits per heavy atom. The molecule has 2 heterocycles. The molecule has 0 unspecified atom stereocenters. The van der Waals surface area contributed by atoms with Crippen LogP contribution < -0.4 is 4.90 Å². The van der Waals surface area contributed by atoms with Crippen LogP contribution in [0.1, 0.15) is 22.3 Å². The van der Waals surface area contributed by atoms with Crippen LogP contribution in [-0.4, -0.2) is 55.2 Å². The molecule has 3 aromatic rings. The van der Waals surface area contributed by atoms with Gasteiger partial charge in [-0.15, -0.1) is 0 Å². The first-order chi connectivity index (χ1) is 14.9. The van der Waals surface area contributed by atoms with Gasteiger partial charge < -0.3 is 4.74 Å². The number of aryl methyl sites for hydroxylation is 1. The lowest BCUT2D eigenvalue weighted by atomic mass is 10.2. The van der Waals surface area contributed by atoms with Gasteiger partial charge in [0, 0.05) is 26.2 Å². The van der Waals surface area contributed by atoms with Crippen molar-refractivity contribution in [3.63, 3.8) is 0 Å². The van der Waals surface area contributed by atoms with E-state index in [1.54, 1.807) is 4.90 Å². The van der Waals surface area contributed by atoms with Crippen LogP contribution in [0, 0.1) is 12.7 Å². The Kier molecular flexibility index (Phi) is 7.08. The van der Waals surface area contributed by atoms with E-state index >= 15 is 0 Å². The third-order valence-electron chi connectivity index (χ3n) is 5.28. The number of halogens is 3.